The minimum Gasteiger partial charge on any atom is -0.475 e. The highest BCUT2D eigenvalue weighted by molar-refractivity contribution is 5.96. The summed E-state index contributed by atoms with van der Waals surface area (Å²) in [5, 5.41) is 18.2. The van der Waals surface area contributed by atoms with Crippen LogP contribution >= 0.6 is 0 Å². The fourth-order valence-electron chi connectivity index (χ4n) is 4.19. The van der Waals surface area contributed by atoms with Gasteiger partial charge in [-0.15, -0.1) is 0 Å². The van der Waals surface area contributed by atoms with E-state index in [4.69, 9.17) is 29.1 Å². The lowest BCUT2D eigenvalue weighted by atomic mass is 9.79. The first-order valence-corrected chi connectivity index (χ1v) is 12.1. The van der Waals surface area contributed by atoms with E-state index >= 15 is 0 Å². The Morgan fingerprint density at radius 3 is 2.00 bits per heavy atom. The van der Waals surface area contributed by atoms with Gasteiger partial charge in [0.2, 0.25) is 0 Å². The molecule has 11 nitrogen and oxygen atoms in total. The maximum atomic E-state index is 13.1. The second kappa shape index (κ2) is 14.6. The zero-order valence-corrected chi connectivity index (χ0v) is 22.6. The van der Waals surface area contributed by atoms with E-state index in [1.165, 1.54) is 0 Å². The first-order chi connectivity index (χ1) is 18.3. The summed E-state index contributed by atoms with van der Waals surface area (Å²) in [6.45, 7) is 10.7. The quantitative estimate of drug-likeness (QED) is 0.502. The molecule has 1 spiro atoms. The molecule has 1 aromatic rings. The number of aliphatic carboxylic acids is 2. The van der Waals surface area contributed by atoms with Gasteiger partial charge in [-0.2, -0.15) is 26.3 Å². The van der Waals surface area contributed by atoms with Crippen LogP contribution < -0.4 is 0 Å². The van der Waals surface area contributed by atoms with Crippen LogP contribution in [-0.4, -0.2) is 127 Å². The van der Waals surface area contributed by atoms with E-state index in [0.29, 0.717) is 17.0 Å². The number of aryl methyl sites for hydroxylation is 2. The molecule has 0 aromatic carbocycles. The van der Waals surface area contributed by atoms with Gasteiger partial charge in [0.25, 0.3) is 5.91 Å². The summed E-state index contributed by atoms with van der Waals surface area (Å²) in [6, 6.07) is 0. The molecule has 2 saturated heterocycles. The second-order valence-electron chi connectivity index (χ2n) is 9.77. The number of amides is 1. The fraction of sp³-hybridized carbons (Fsp3) is 0.739. The average Bonchev–Trinajstić information content (AvgIpc) is 3.04. The van der Waals surface area contributed by atoms with E-state index in [2.05, 4.69) is 29.1 Å². The molecular weight excluding hydrogens is 558 g/mol. The van der Waals surface area contributed by atoms with Crippen molar-refractivity contribution >= 4 is 17.8 Å². The number of hydrogen-bond donors (Lipinski definition) is 2. The van der Waals surface area contributed by atoms with Gasteiger partial charge in [-0.05, 0) is 40.8 Å². The SMILES string of the molecule is Cc1noc(C)c1C(=O)N1CCCC2(COCCN(CCN(C)C)C2)C1.O=C(O)C(F)(F)F.O=C(O)C(F)(F)F. The molecule has 0 aliphatic carbocycles. The van der Waals surface area contributed by atoms with Crippen molar-refractivity contribution in [1.29, 1.82) is 0 Å². The van der Waals surface area contributed by atoms with Crippen molar-refractivity contribution in [2.75, 3.05) is 66.6 Å². The first kappa shape index (κ1) is 35.1. The van der Waals surface area contributed by atoms with Crippen LogP contribution in [0.2, 0.25) is 0 Å². The Balaban J connectivity index is 0.000000473. The zero-order valence-electron chi connectivity index (χ0n) is 22.6. The molecule has 2 aliphatic heterocycles. The maximum absolute atomic E-state index is 13.1. The van der Waals surface area contributed by atoms with Gasteiger partial charge in [0, 0.05) is 44.7 Å². The molecule has 3 rings (SSSR count). The number of nitrogens with zero attached hydrogens (tertiary/aromatic N) is 4. The van der Waals surface area contributed by atoms with Crippen LogP contribution in [0.1, 0.15) is 34.7 Å². The standard InChI is InChI=1S/C19H32N4O3.2C2HF3O2/c1-15-17(16(2)26-20-15)18(24)23-7-5-6-19(13-23)12-22(9-8-21(3)4)10-11-25-14-19;2*3-2(4,5)1(6)7/h5-14H2,1-4H3;2*(H,6,7). The highest BCUT2D eigenvalue weighted by Gasteiger charge is 2.41. The Kier molecular flexibility index (Phi) is 12.8. The third-order valence-electron chi connectivity index (χ3n) is 6.06. The third-order valence-corrected chi connectivity index (χ3v) is 6.06. The number of alkyl halides is 6. The number of rotatable bonds is 4. The molecule has 2 N–H and O–H groups in total. The van der Waals surface area contributed by atoms with Crippen LogP contribution in [0.15, 0.2) is 4.52 Å². The Bertz CT molecular complexity index is 956. The van der Waals surface area contributed by atoms with E-state index in [9.17, 15) is 31.1 Å². The number of carbonyl (C=O) groups is 3. The summed E-state index contributed by atoms with van der Waals surface area (Å²) in [4.78, 5) is 37.6. The second-order valence-corrected chi connectivity index (χ2v) is 9.77. The smallest absolute Gasteiger partial charge is 0.475 e. The molecule has 230 valence electrons. The van der Waals surface area contributed by atoms with Crippen molar-refractivity contribution in [2.24, 2.45) is 5.41 Å². The highest BCUT2D eigenvalue weighted by atomic mass is 19.4. The van der Waals surface area contributed by atoms with E-state index in [-0.39, 0.29) is 11.3 Å². The number of hydrogen-bond acceptors (Lipinski definition) is 8. The van der Waals surface area contributed by atoms with Crippen molar-refractivity contribution < 1.29 is 60.2 Å². The summed E-state index contributed by atoms with van der Waals surface area (Å²) < 4.78 is 74.6. The van der Waals surface area contributed by atoms with Crippen LogP contribution in [0.25, 0.3) is 0 Å². The number of carbonyl (C=O) groups excluding carboxylic acids is 1. The van der Waals surface area contributed by atoms with E-state index in [1.54, 1.807) is 0 Å². The number of carboxylic acid groups (broad SMARTS) is 2. The number of carboxylic acids is 2. The van der Waals surface area contributed by atoms with E-state index < -0.39 is 24.3 Å². The molecule has 1 aromatic heterocycles. The van der Waals surface area contributed by atoms with Crippen molar-refractivity contribution in [3.63, 3.8) is 0 Å². The number of aromatic nitrogens is 1. The van der Waals surface area contributed by atoms with Gasteiger partial charge in [-0.3, -0.25) is 9.69 Å². The summed E-state index contributed by atoms with van der Waals surface area (Å²) in [5.74, 6) is -4.86. The van der Waals surface area contributed by atoms with Crippen molar-refractivity contribution in [3.8, 4) is 0 Å². The van der Waals surface area contributed by atoms with Crippen LogP contribution in [0.5, 0.6) is 0 Å². The van der Waals surface area contributed by atoms with Crippen molar-refractivity contribution in [2.45, 2.75) is 39.0 Å². The Labute approximate surface area is 226 Å². The minimum atomic E-state index is -5.08. The van der Waals surface area contributed by atoms with Gasteiger partial charge in [0.05, 0.1) is 18.9 Å². The molecule has 1 unspecified atom stereocenters. The number of ether oxygens (including phenoxy) is 1. The Morgan fingerprint density at radius 1 is 1.00 bits per heavy atom. The van der Waals surface area contributed by atoms with Gasteiger partial charge in [-0.1, -0.05) is 5.16 Å². The third kappa shape index (κ3) is 11.3. The topological polar surface area (TPSA) is 137 Å². The highest BCUT2D eigenvalue weighted by Crippen LogP contribution is 2.34. The van der Waals surface area contributed by atoms with Gasteiger partial charge in [0.1, 0.15) is 11.3 Å². The molecule has 2 aliphatic rings. The lowest BCUT2D eigenvalue weighted by Gasteiger charge is -2.43. The Hall–Kier alpha value is -2.92. The monoisotopic (exact) mass is 592 g/mol. The van der Waals surface area contributed by atoms with Gasteiger partial charge < -0.3 is 29.3 Å². The van der Waals surface area contributed by atoms with E-state index in [1.807, 2.05) is 18.7 Å². The molecule has 1 atom stereocenters. The lowest BCUT2D eigenvalue weighted by molar-refractivity contribution is -0.193. The van der Waals surface area contributed by atoms with E-state index in [0.717, 1.165) is 65.3 Å². The van der Waals surface area contributed by atoms with Crippen molar-refractivity contribution in [3.05, 3.63) is 17.0 Å². The van der Waals surface area contributed by atoms with Crippen molar-refractivity contribution in [1.82, 2.24) is 19.9 Å². The van der Waals surface area contributed by atoms with Gasteiger partial charge >= 0.3 is 24.3 Å². The van der Waals surface area contributed by atoms with Gasteiger partial charge in [-0.25, -0.2) is 9.59 Å². The molecule has 3 heterocycles. The number of likely N-dealkylation sites (N-methyl/N-ethyl adjacent to an activating group) is 1. The Morgan fingerprint density at radius 2 is 1.55 bits per heavy atom. The molecule has 40 heavy (non-hydrogen) atoms. The molecule has 2 fully saturated rings. The lowest BCUT2D eigenvalue weighted by Crippen LogP contribution is -2.52. The maximum Gasteiger partial charge on any atom is 0.490 e. The van der Waals surface area contributed by atoms with Gasteiger partial charge in [0.15, 0.2) is 0 Å². The number of likely N-dealkylation sites (tertiary alicyclic amines) is 1. The number of piperidine rings is 1. The minimum absolute atomic E-state index is 0.0235. The predicted octanol–water partition coefficient (Wildman–Crippen LogP) is 2.67. The van der Waals surface area contributed by atoms with Crippen LogP contribution in [0.4, 0.5) is 26.3 Å². The van der Waals surface area contributed by atoms with Crippen LogP contribution in [0.3, 0.4) is 0 Å². The summed E-state index contributed by atoms with van der Waals surface area (Å²) in [7, 11) is 4.21. The predicted molar refractivity (Wildman–Crippen MR) is 127 cm³/mol. The average molecular weight is 593 g/mol. The molecule has 1 amide bonds. The van der Waals surface area contributed by atoms with Crippen LogP contribution in [0, 0.1) is 19.3 Å². The molecule has 0 radical (unpaired) electrons. The molecular formula is C23H34F6N4O7. The largest absolute Gasteiger partial charge is 0.490 e. The normalized spacial score (nSPS) is 20.2. The summed E-state index contributed by atoms with van der Waals surface area (Å²) in [6.07, 6.45) is -8.04. The molecule has 0 saturated carbocycles. The summed E-state index contributed by atoms with van der Waals surface area (Å²) >= 11 is 0. The zero-order chi connectivity index (χ0) is 30.9. The molecule has 17 heteroatoms. The fourth-order valence-corrected chi connectivity index (χ4v) is 4.19. The summed E-state index contributed by atoms with van der Waals surface area (Å²) in [5.41, 5.74) is 1.33. The molecule has 0 bridgehead atoms. The number of halogens is 6. The van der Waals surface area contributed by atoms with Crippen LogP contribution in [-0.2, 0) is 14.3 Å². The first-order valence-electron chi connectivity index (χ1n) is 12.1.